The molecule has 1 fully saturated rings. The lowest BCUT2D eigenvalue weighted by Crippen LogP contribution is -2.22. The number of ether oxygens (including phenoxy) is 1. The van der Waals surface area contributed by atoms with Crippen molar-refractivity contribution in [3.8, 4) is 11.5 Å². The maximum absolute atomic E-state index is 10.3. The maximum atomic E-state index is 10.3. The van der Waals surface area contributed by atoms with E-state index in [1.165, 1.54) is 12.8 Å². The molecule has 3 rings (SSSR count). The number of aromatic hydroxyl groups is 1. The van der Waals surface area contributed by atoms with Gasteiger partial charge in [-0.15, -0.1) is 0 Å². The van der Waals surface area contributed by atoms with Crippen LogP contribution < -0.4 is 4.74 Å². The van der Waals surface area contributed by atoms with Gasteiger partial charge in [-0.25, -0.2) is 0 Å². The van der Waals surface area contributed by atoms with Crippen molar-refractivity contribution in [2.24, 2.45) is 0 Å². The van der Waals surface area contributed by atoms with E-state index in [1.54, 1.807) is 0 Å². The minimum atomic E-state index is 0.316. The van der Waals surface area contributed by atoms with Gasteiger partial charge >= 0.3 is 0 Å². The van der Waals surface area contributed by atoms with E-state index in [4.69, 9.17) is 4.74 Å². The molecule has 1 heterocycles. The van der Waals surface area contributed by atoms with Crippen molar-refractivity contribution in [1.29, 1.82) is 0 Å². The van der Waals surface area contributed by atoms with E-state index in [0.717, 1.165) is 35.3 Å². The van der Waals surface area contributed by atoms with Gasteiger partial charge in [0, 0.05) is 11.5 Å². The molecule has 2 unspecified atom stereocenters. The van der Waals surface area contributed by atoms with Crippen LogP contribution in [0.15, 0.2) is 6.07 Å². The lowest BCUT2D eigenvalue weighted by Gasteiger charge is -2.24. The van der Waals surface area contributed by atoms with Crippen LogP contribution in [0.2, 0.25) is 0 Å². The van der Waals surface area contributed by atoms with E-state index in [1.807, 2.05) is 13.8 Å². The highest BCUT2D eigenvalue weighted by atomic mass is 16.5. The predicted octanol–water partition coefficient (Wildman–Crippen LogP) is 3.43. The molecule has 1 aromatic rings. The maximum Gasteiger partial charge on any atom is 0.127 e. The zero-order chi connectivity index (χ0) is 11.3. The Balaban J connectivity index is 2.12. The molecule has 1 N–H and O–H groups in total. The largest absolute Gasteiger partial charge is 0.507 e. The molecule has 2 heteroatoms. The Morgan fingerprint density at radius 2 is 2.00 bits per heavy atom. The van der Waals surface area contributed by atoms with Crippen molar-refractivity contribution in [3.63, 3.8) is 0 Å². The second kappa shape index (κ2) is 3.41. The summed E-state index contributed by atoms with van der Waals surface area (Å²) in [5, 5.41) is 10.3. The number of rotatable bonds is 0. The van der Waals surface area contributed by atoms with Gasteiger partial charge in [0.1, 0.15) is 17.6 Å². The van der Waals surface area contributed by atoms with Crippen LogP contribution in [0, 0.1) is 13.8 Å². The Morgan fingerprint density at radius 1 is 1.25 bits per heavy atom. The van der Waals surface area contributed by atoms with Gasteiger partial charge in [0.25, 0.3) is 0 Å². The van der Waals surface area contributed by atoms with Crippen molar-refractivity contribution in [2.45, 2.75) is 51.6 Å². The van der Waals surface area contributed by atoms with Crippen LogP contribution in [0.5, 0.6) is 11.5 Å². The van der Waals surface area contributed by atoms with Crippen LogP contribution in [0.1, 0.15) is 48.3 Å². The monoisotopic (exact) mass is 218 g/mol. The van der Waals surface area contributed by atoms with E-state index in [2.05, 4.69) is 6.07 Å². The number of hydrogen-bond donors (Lipinski definition) is 1. The van der Waals surface area contributed by atoms with Crippen molar-refractivity contribution in [2.75, 3.05) is 0 Å². The van der Waals surface area contributed by atoms with Crippen LogP contribution in [0.3, 0.4) is 0 Å². The first-order chi connectivity index (χ1) is 7.68. The third kappa shape index (κ3) is 1.25. The Bertz CT molecular complexity index is 437. The Hall–Kier alpha value is -1.18. The molecular formula is C14H18O2. The fourth-order valence-corrected chi connectivity index (χ4v) is 3.08. The van der Waals surface area contributed by atoms with E-state index in [9.17, 15) is 5.11 Å². The van der Waals surface area contributed by atoms with Crippen LogP contribution in [0.25, 0.3) is 0 Å². The van der Waals surface area contributed by atoms with E-state index in [-0.39, 0.29) is 0 Å². The van der Waals surface area contributed by atoms with Gasteiger partial charge in [-0.1, -0.05) is 6.42 Å². The molecule has 2 aliphatic rings. The van der Waals surface area contributed by atoms with Crippen molar-refractivity contribution in [1.82, 2.24) is 0 Å². The van der Waals surface area contributed by atoms with Crippen molar-refractivity contribution in [3.05, 3.63) is 22.8 Å². The molecule has 0 saturated heterocycles. The summed E-state index contributed by atoms with van der Waals surface area (Å²) in [4.78, 5) is 0. The second-order valence-electron chi connectivity index (χ2n) is 5.13. The van der Waals surface area contributed by atoms with Crippen LogP contribution >= 0.6 is 0 Å². The second-order valence-corrected chi connectivity index (χ2v) is 5.13. The highest BCUT2D eigenvalue weighted by Gasteiger charge is 2.38. The molecule has 2 atom stereocenters. The van der Waals surface area contributed by atoms with E-state index >= 15 is 0 Å². The Morgan fingerprint density at radius 3 is 2.81 bits per heavy atom. The number of phenolic OH excluding ortho intramolecular Hbond substituents is 1. The SMILES string of the molecule is Cc1cc2c(c(O)c1C)C1CCCCC1O2. The molecule has 0 bridgehead atoms. The van der Waals surface area contributed by atoms with Crippen molar-refractivity contribution < 1.29 is 9.84 Å². The Kier molecular flexibility index (Phi) is 2.13. The molecule has 1 aliphatic heterocycles. The fraction of sp³-hybridized carbons (Fsp3) is 0.571. The number of fused-ring (bicyclic) bond motifs is 3. The third-order valence-corrected chi connectivity index (χ3v) is 4.17. The number of hydrogen-bond acceptors (Lipinski definition) is 2. The number of aryl methyl sites for hydroxylation is 1. The predicted molar refractivity (Wildman–Crippen MR) is 63.2 cm³/mol. The van der Waals surface area contributed by atoms with Gasteiger partial charge in [-0.05, 0) is 50.3 Å². The molecule has 86 valence electrons. The summed E-state index contributed by atoms with van der Waals surface area (Å²) in [5.41, 5.74) is 3.20. The molecule has 0 aromatic heterocycles. The summed E-state index contributed by atoms with van der Waals surface area (Å²) < 4.78 is 5.97. The highest BCUT2D eigenvalue weighted by Crippen LogP contribution is 2.50. The first kappa shape index (κ1) is 10.0. The molecule has 0 radical (unpaired) electrons. The zero-order valence-electron chi connectivity index (χ0n) is 9.92. The standard InChI is InChI=1S/C14H18O2/c1-8-7-12-13(14(15)9(8)2)10-5-3-4-6-11(10)16-12/h7,10-11,15H,3-6H2,1-2H3. The lowest BCUT2D eigenvalue weighted by molar-refractivity contribution is 0.163. The van der Waals surface area contributed by atoms with Gasteiger partial charge in [-0.2, -0.15) is 0 Å². The average Bonchev–Trinajstić information content (AvgIpc) is 2.64. The molecule has 0 amide bonds. The summed E-state index contributed by atoms with van der Waals surface area (Å²) in [5.74, 6) is 1.84. The summed E-state index contributed by atoms with van der Waals surface area (Å²) in [6.45, 7) is 4.02. The topological polar surface area (TPSA) is 29.5 Å². The first-order valence-electron chi connectivity index (χ1n) is 6.18. The van der Waals surface area contributed by atoms with E-state index in [0.29, 0.717) is 17.8 Å². The van der Waals surface area contributed by atoms with Crippen LogP contribution in [0.4, 0.5) is 0 Å². The molecule has 1 saturated carbocycles. The summed E-state index contributed by atoms with van der Waals surface area (Å²) in [6, 6.07) is 2.09. The molecular weight excluding hydrogens is 200 g/mol. The minimum absolute atomic E-state index is 0.316. The van der Waals surface area contributed by atoms with Gasteiger partial charge in [0.15, 0.2) is 0 Å². The minimum Gasteiger partial charge on any atom is -0.507 e. The average molecular weight is 218 g/mol. The summed E-state index contributed by atoms with van der Waals surface area (Å²) >= 11 is 0. The molecule has 1 aromatic carbocycles. The zero-order valence-corrected chi connectivity index (χ0v) is 9.92. The quantitative estimate of drug-likeness (QED) is 0.723. The summed E-state index contributed by atoms with van der Waals surface area (Å²) in [7, 11) is 0. The molecule has 2 nitrogen and oxygen atoms in total. The lowest BCUT2D eigenvalue weighted by atomic mass is 9.82. The molecule has 1 aliphatic carbocycles. The van der Waals surface area contributed by atoms with Crippen molar-refractivity contribution >= 4 is 0 Å². The van der Waals surface area contributed by atoms with Gasteiger partial charge < -0.3 is 9.84 Å². The normalized spacial score (nSPS) is 27.1. The van der Waals surface area contributed by atoms with Gasteiger partial charge in [0.05, 0.1) is 0 Å². The number of benzene rings is 1. The fourth-order valence-electron chi connectivity index (χ4n) is 3.08. The Labute approximate surface area is 96.2 Å². The van der Waals surface area contributed by atoms with Gasteiger partial charge in [0.2, 0.25) is 0 Å². The third-order valence-electron chi connectivity index (χ3n) is 4.17. The summed E-state index contributed by atoms with van der Waals surface area (Å²) in [6.07, 6.45) is 5.13. The first-order valence-corrected chi connectivity index (χ1v) is 6.18. The number of phenols is 1. The van der Waals surface area contributed by atoms with Gasteiger partial charge in [-0.3, -0.25) is 0 Å². The van der Waals surface area contributed by atoms with E-state index < -0.39 is 0 Å². The van der Waals surface area contributed by atoms with Crippen LogP contribution in [-0.2, 0) is 0 Å². The smallest absolute Gasteiger partial charge is 0.127 e. The highest BCUT2D eigenvalue weighted by molar-refractivity contribution is 5.56. The molecule has 16 heavy (non-hydrogen) atoms. The molecule has 0 spiro atoms. The van der Waals surface area contributed by atoms with Crippen LogP contribution in [-0.4, -0.2) is 11.2 Å².